The van der Waals surface area contributed by atoms with Gasteiger partial charge in [-0.15, -0.1) is 0 Å². The quantitative estimate of drug-likeness (QED) is 0.105. The first-order chi connectivity index (χ1) is 17.2. The van der Waals surface area contributed by atoms with Gasteiger partial charge in [-0.3, -0.25) is 10.1 Å². The Kier molecular flexibility index (Phi) is 7.56. The molecule has 1 heterocycles. The van der Waals surface area contributed by atoms with Crippen LogP contribution in [0.25, 0.3) is 12.2 Å². The molecule has 0 amide bonds. The van der Waals surface area contributed by atoms with Gasteiger partial charge >= 0.3 is 11.9 Å². The van der Waals surface area contributed by atoms with Gasteiger partial charge in [-0.1, -0.05) is 33.6 Å². The number of nitro groups is 1. The maximum atomic E-state index is 12.5. The highest BCUT2D eigenvalue weighted by molar-refractivity contribution is 9.11. The summed E-state index contributed by atoms with van der Waals surface area (Å²) >= 11 is 6.79. The van der Waals surface area contributed by atoms with Gasteiger partial charge in [-0.05, 0) is 77.0 Å². The highest BCUT2D eigenvalue weighted by Gasteiger charge is 2.25. The number of hydrogen-bond acceptors (Lipinski definition) is 7. The van der Waals surface area contributed by atoms with Crippen LogP contribution in [0.15, 0.2) is 86.4 Å². The lowest BCUT2D eigenvalue weighted by molar-refractivity contribution is -0.384. The summed E-state index contributed by atoms with van der Waals surface area (Å²) in [4.78, 5) is 39.6. The van der Waals surface area contributed by atoms with Crippen molar-refractivity contribution in [2.75, 3.05) is 0 Å². The van der Waals surface area contributed by atoms with Crippen LogP contribution in [-0.2, 0) is 14.3 Å². The van der Waals surface area contributed by atoms with E-state index in [1.54, 1.807) is 18.2 Å². The first-order valence-electron chi connectivity index (χ1n) is 10.4. The topological polar surface area (TPSA) is 108 Å². The minimum Gasteiger partial charge on any atom is -0.422 e. The monoisotopic (exact) mass is 610 g/mol. The molecule has 3 aromatic rings. The Morgan fingerprint density at radius 2 is 1.86 bits per heavy atom. The molecule has 0 saturated heterocycles. The SMILES string of the molecule is Cc1cccc(C2=N/C(=C\c3cc(Br)cc(Br)c3OC(=O)/C=C/c3ccc([N+](=O)[O-])cc3)C(=O)O2)c1. The van der Waals surface area contributed by atoms with Gasteiger partial charge in [0, 0.05) is 33.8 Å². The molecule has 0 spiro atoms. The van der Waals surface area contributed by atoms with Crippen LogP contribution >= 0.6 is 31.9 Å². The lowest BCUT2D eigenvalue weighted by atomic mass is 10.1. The Balaban J connectivity index is 1.59. The fourth-order valence-electron chi connectivity index (χ4n) is 3.26. The number of nitro benzene ring substituents is 1. The number of non-ortho nitro benzene ring substituents is 1. The molecule has 10 heteroatoms. The van der Waals surface area contributed by atoms with Crippen molar-refractivity contribution >= 4 is 67.5 Å². The van der Waals surface area contributed by atoms with E-state index in [9.17, 15) is 19.7 Å². The lowest BCUT2D eigenvalue weighted by Gasteiger charge is -2.09. The molecule has 0 aromatic heterocycles. The number of cyclic esters (lactones) is 1. The van der Waals surface area contributed by atoms with Crippen LogP contribution in [0.2, 0.25) is 0 Å². The molecule has 0 radical (unpaired) electrons. The van der Waals surface area contributed by atoms with Crippen molar-refractivity contribution in [2.45, 2.75) is 6.92 Å². The highest BCUT2D eigenvalue weighted by atomic mass is 79.9. The second-order valence-corrected chi connectivity index (χ2v) is 9.38. The van der Waals surface area contributed by atoms with Gasteiger partial charge in [0.15, 0.2) is 11.4 Å². The van der Waals surface area contributed by atoms with Gasteiger partial charge in [0.2, 0.25) is 5.90 Å². The number of hydrogen-bond donors (Lipinski definition) is 0. The van der Waals surface area contributed by atoms with E-state index in [1.807, 2.05) is 25.1 Å². The molecule has 0 bridgehead atoms. The standard InChI is InChI=1S/C26H16Br2N2O6/c1-15-3-2-4-17(11-15)25-29-22(26(32)36-25)13-18-12-19(27)14-21(28)24(18)35-23(31)10-7-16-5-8-20(9-6-16)30(33)34/h2-14H,1H3/b10-7+,22-13-. The lowest BCUT2D eigenvalue weighted by Crippen LogP contribution is -2.06. The second-order valence-electron chi connectivity index (χ2n) is 7.61. The van der Waals surface area contributed by atoms with Crippen LogP contribution in [0.5, 0.6) is 5.75 Å². The van der Waals surface area contributed by atoms with Crippen molar-refractivity contribution in [1.82, 2.24) is 0 Å². The number of aryl methyl sites for hydroxylation is 1. The number of nitrogens with zero attached hydrogens (tertiary/aromatic N) is 2. The van der Waals surface area contributed by atoms with Crippen molar-refractivity contribution in [3.05, 3.63) is 114 Å². The Labute approximate surface area is 222 Å². The Hall–Kier alpha value is -3.89. The molecule has 0 atom stereocenters. The van der Waals surface area contributed by atoms with E-state index < -0.39 is 16.9 Å². The molecule has 8 nitrogen and oxygen atoms in total. The molecule has 0 aliphatic carbocycles. The van der Waals surface area contributed by atoms with E-state index in [0.717, 1.165) is 5.56 Å². The smallest absolute Gasteiger partial charge is 0.363 e. The van der Waals surface area contributed by atoms with Gasteiger partial charge in [0.1, 0.15) is 0 Å². The minimum absolute atomic E-state index is 0.0511. The summed E-state index contributed by atoms with van der Waals surface area (Å²) in [6.45, 7) is 1.92. The summed E-state index contributed by atoms with van der Waals surface area (Å²) < 4.78 is 12.0. The van der Waals surface area contributed by atoms with Crippen LogP contribution in [-0.4, -0.2) is 22.8 Å². The molecule has 180 valence electrons. The third kappa shape index (κ3) is 6.02. The summed E-state index contributed by atoms with van der Waals surface area (Å²) in [5, 5.41) is 10.8. The normalized spacial score (nSPS) is 14.1. The average Bonchev–Trinajstić information content (AvgIpc) is 3.20. The zero-order valence-corrected chi connectivity index (χ0v) is 21.8. The molecule has 0 saturated carbocycles. The summed E-state index contributed by atoms with van der Waals surface area (Å²) in [7, 11) is 0. The van der Waals surface area contributed by atoms with Crippen molar-refractivity contribution in [3.8, 4) is 5.75 Å². The molecule has 0 N–H and O–H groups in total. The summed E-state index contributed by atoms with van der Waals surface area (Å²) in [6, 6.07) is 16.5. The van der Waals surface area contributed by atoms with Crippen LogP contribution in [0.3, 0.4) is 0 Å². The predicted molar refractivity (Wildman–Crippen MR) is 141 cm³/mol. The number of ether oxygens (including phenoxy) is 2. The first kappa shape index (κ1) is 25.2. The van der Waals surface area contributed by atoms with Crippen LogP contribution in [0.1, 0.15) is 22.3 Å². The summed E-state index contributed by atoms with van der Waals surface area (Å²) in [6.07, 6.45) is 4.15. The van der Waals surface area contributed by atoms with E-state index in [2.05, 4.69) is 36.9 Å². The number of rotatable bonds is 6. The Morgan fingerprint density at radius 3 is 2.56 bits per heavy atom. The van der Waals surface area contributed by atoms with Gasteiger partial charge in [-0.25, -0.2) is 14.6 Å². The zero-order chi connectivity index (χ0) is 25.8. The number of esters is 2. The van der Waals surface area contributed by atoms with Crippen molar-refractivity contribution < 1.29 is 24.0 Å². The third-order valence-electron chi connectivity index (χ3n) is 4.93. The van der Waals surface area contributed by atoms with Gasteiger partial charge in [-0.2, -0.15) is 0 Å². The van der Waals surface area contributed by atoms with Crippen molar-refractivity contribution in [1.29, 1.82) is 0 Å². The van der Waals surface area contributed by atoms with E-state index in [-0.39, 0.29) is 23.0 Å². The Morgan fingerprint density at radius 1 is 1.11 bits per heavy atom. The molecule has 3 aromatic carbocycles. The van der Waals surface area contributed by atoms with Crippen LogP contribution in [0, 0.1) is 17.0 Å². The second kappa shape index (κ2) is 10.8. The molecule has 0 fully saturated rings. The summed E-state index contributed by atoms with van der Waals surface area (Å²) in [5.74, 6) is -0.948. The van der Waals surface area contributed by atoms with Crippen LogP contribution in [0.4, 0.5) is 5.69 Å². The van der Waals surface area contributed by atoms with Gasteiger partial charge < -0.3 is 9.47 Å². The zero-order valence-electron chi connectivity index (χ0n) is 18.6. The first-order valence-corrected chi connectivity index (χ1v) is 12.0. The maximum absolute atomic E-state index is 12.5. The number of halogens is 2. The molecule has 0 unspecified atom stereocenters. The minimum atomic E-state index is -0.686. The average molecular weight is 612 g/mol. The van der Waals surface area contributed by atoms with Crippen molar-refractivity contribution in [2.24, 2.45) is 4.99 Å². The van der Waals surface area contributed by atoms with E-state index in [1.165, 1.54) is 42.5 Å². The number of aliphatic imine (C=N–C) groups is 1. The molecular formula is C26H16Br2N2O6. The largest absolute Gasteiger partial charge is 0.422 e. The number of benzene rings is 3. The predicted octanol–water partition coefficient (Wildman–Crippen LogP) is 6.39. The number of carbonyl (C=O) groups is 2. The van der Waals surface area contributed by atoms with Crippen LogP contribution < -0.4 is 4.74 Å². The molecule has 4 rings (SSSR count). The molecule has 1 aliphatic heterocycles. The van der Waals surface area contributed by atoms with E-state index >= 15 is 0 Å². The fourth-order valence-corrected chi connectivity index (χ4v) is 4.60. The fraction of sp³-hybridized carbons (Fsp3) is 0.0385. The van der Waals surface area contributed by atoms with E-state index in [4.69, 9.17) is 9.47 Å². The molecular weight excluding hydrogens is 596 g/mol. The van der Waals surface area contributed by atoms with Crippen molar-refractivity contribution in [3.63, 3.8) is 0 Å². The van der Waals surface area contributed by atoms with Gasteiger partial charge in [0.05, 0.1) is 9.40 Å². The summed E-state index contributed by atoms with van der Waals surface area (Å²) in [5.41, 5.74) is 2.66. The molecule has 1 aliphatic rings. The third-order valence-corrected chi connectivity index (χ3v) is 5.98. The number of carbonyl (C=O) groups excluding carboxylic acids is 2. The van der Waals surface area contributed by atoms with Gasteiger partial charge in [0.25, 0.3) is 5.69 Å². The van der Waals surface area contributed by atoms with E-state index in [0.29, 0.717) is 25.6 Å². The maximum Gasteiger partial charge on any atom is 0.363 e. The highest BCUT2D eigenvalue weighted by Crippen LogP contribution is 2.35. The molecule has 36 heavy (non-hydrogen) atoms. The Bertz CT molecular complexity index is 1480.